The van der Waals surface area contributed by atoms with Crippen LogP contribution < -0.4 is 20.5 Å². The van der Waals surface area contributed by atoms with Crippen LogP contribution in [0.4, 0.5) is 5.69 Å². The van der Waals surface area contributed by atoms with Gasteiger partial charge in [0, 0.05) is 19.2 Å². The molecule has 0 bridgehead atoms. The Morgan fingerprint density at radius 2 is 2.07 bits per heavy atom. The number of likely N-dealkylation sites (tertiary alicyclic amines) is 1. The van der Waals surface area contributed by atoms with E-state index in [0.29, 0.717) is 19.2 Å². The molecule has 6 nitrogen and oxygen atoms in total. The first-order valence-corrected chi connectivity index (χ1v) is 9.81. The molecule has 0 amide bonds. The van der Waals surface area contributed by atoms with Crippen LogP contribution in [0.3, 0.4) is 0 Å². The fraction of sp³-hybridized carbons (Fsp3) is 0.650. The Kier molecular flexibility index (Phi) is 11.5. The third-order valence-corrected chi connectivity index (χ3v) is 4.48. The topological polar surface area (TPSA) is 72.1 Å². The molecule has 1 aromatic rings. The molecule has 1 unspecified atom stereocenters. The fourth-order valence-electron chi connectivity index (χ4n) is 3.31. The molecule has 1 aromatic carbocycles. The van der Waals surface area contributed by atoms with E-state index >= 15 is 0 Å². The van der Waals surface area contributed by atoms with Crippen LogP contribution in [-0.4, -0.2) is 50.3 Å². The first-order valence-electron chi connectivity index (χ1n) is 9.81. The van der Waals surface area contributed by atoms with Crippen molar-refractivity contribution in [2.24, 2.45) is 16.6 Å². The Labute approximate surface area is 180 Å². The van der Waals surface area contributed by atoms with E-state index in [-0.39, 0.29) is 24.0 Å². The third kappa shape index (κ3) is 8.55. The van der Waals surface area contributed by atoms with Crippen LogP contribution in [0.5, 0.6) is 11.5 Å². The maximum absolute atomic E-state index is 6.07. The van der Waals surface area contributed by atoms with Gasteiger partial charge < -0.3 is 25.4 Å². The third-order valence-electron chi connectivity index (χ3n) is 4.48. The molecule has 1 aliphatic heterocycles. The highest BCUT2D eigenvalue weighted by Crippen LogP contribution is 2.29. The number of nitrogens with two attached hydrogens (primary N) is 1. The average molecular weight is 490 g/mol. The highest BCUT2D eigenvalue weighted by molar-refractivity contribution is 14.0. The molecule has 7 heteroatoms. The predicted octanol–water partition coefficient (Wildman–Crippen LogP) is 3.95. The second-order valence-electron chi connectivity index (χ2n) is 6.82. The quantitative estimate of drug-likeness (QED) is 0.238. The summed E-state index contributed by atoms with van der Waals surface area (Å²) >= 11 is 0. The van der Waals surface area contributed by atoms with E-state index in [9.17, 15) is 0 Å². The van der Waals surface area contributed by atoms with Gasteiger partial charge in [-0.15, -0.1) is 24.0 Å². The van der Waals surface area contributed by atoms with Crippen LogP contribution in [0.25, 0.3) is 0 Å². The number of nitrogens with one attached hydrogen (secondary N) is 1. The average Bonchev–Trinajstić information content (AvgIpc) is 2.61. The van der Waals surface area contributed by atoms with Gasteiger partial charge in [0.15, 0.2) is 5.96 Å². The Morgan fingerprint density at radius 1 is 1.30 bits per heavy atom. The summed E-state index contributed by atoms with van der Waals surface area (Å²) < 4.78 is 11.2. The van der Waals surface area contributed by atoms with Gasteiger partial charge in [0.2, 0.25) is 0 Å². The molecule has 0 aromatic heterocycles. The summed E-state index contributed by atoms with van der Waals surface area (Å²) in [6, 6.07) is 5.68. The van der Waals surface area contributed by atoms with Crippen LogP contribution in [-0.2, 0) is 0 Å². The molecule has 0 radical (unpaired) electrons. The molecule has 0 saturated carbocycles. The molecule has 154 valence electrons. The van der Waals surface area contributed by atoms with Crippen LogP contribution in [0.2, 0.25) is 0 Å². The zero-order valence-corrected chi connectivity index (χ0v) is 19.2. The highest BCUT2D eigenvalue weighted by atomic mass is 127. The van der Waals surface area contributed by atoms with Gasteiger partial charge in [-0.05, 0) is 64.3 Å². The van der Waals surface area contributed by atoms with E-state index < -0.39 is 0 Å². The Morgan fingerprint density at radius 3 is 2.78 bits per heavy atom. The van der Waals surface area contributed by atoms with E-state index in [1.165, 1.54) is 25.9 Å². The van der Waals surface area contributed by atoms with Crippen molar-refractivity contribution in [1.82, 2.24) is 4.90 Å². The predicted molar refractivity (Wildman–Crippen MR) is 124 cm³/mol. The molecule has 3 N–H and O–H groups in total. The van der Waals surface area contributed by atoms with Crippen LogP contribution in [0, 0.1) is 5.92 Å². The SMILES string of the molecule is CCOc1ccc(OCC)c(NC(N)=NCCCN2CCCC(C)C2)c1.I. The second kappa shape index (κ2) is 13.0. The van der Waals surface area contributed by atoms with Crippen molar-refractivity contribution < 1.29 is 9.47 Å². The maximum Gasteiger partial charge on any atom is 0.193 e. The van der Waals surface area contributed by atoms with E-state index in [1.807, 2.05) is 32.0 Å². The van der Waals surface area contributed by atoms with Crippen LogP contribution >= 0.6 is 24.0 Å². The molecule has 0 aliphatic carbocycles. The standard InChI is InChI=1S/C20H34N4O2.HI/c1-4-25-17-9-10-19(26-5-2)18(14-17)23-20(21)22-11-7-13-24-12-6-8-16(3)15-24;/h9-10,14,16H,4-8,11-13,15H2,1-3H3,(H3,21,22,23);1H. The van der Waals surface area contributed by atoms with E-state index in [4.69, 9.17) is 15.2 Å². The number of hydrogen-bond donors (Lipinski definition) is 2. The highest BCUT2D eigenvalue weighted by Gasteiger charge is 2.15. The lowest BCUT2D eigenvalue weighted by molar-refractivity contribution is 0.183. The lowest BCUT2D eigenvalue weighted by Crippen LogP contribution is -2.35. The van der Waals surface area contributed by atoms with E-state index in [2.05, 4.69) is 22.1 Å². The van der Waals surface area contributed by atoms with Crippen molar-refractivity contribution in [3.05, 3.63) is 18.2 Å². The summed E-state index contributed by atoms with van der Waals surface area (Å²) in [7, 11) is 0. The number of rotatable bonds is 9. The van der Waals surface area contributed by atoms with Gasteiger partial charge >= 0.3 is 0 Å². The molecular formula is C20H35IN4O2. The number of halogens is 1. The Hall–Kier alpha value is -1.22. The zero-order valence-electron chi connectivity index (χ0n) is 16.9. The molecule has 1 saturated heterocycles. The molecule has 1 heterocycles. The molecule has 27 heavy (non-hydrogen) atoms. The van der Waals surface area contributed by atoms with E-state index in [1.54, 1.807) is 0 Å². The van der Waals surface area contributed by atoms with Crippen molar-refractivity contribution in [1.29, 1.82) is 0 Å². The Balaban J connectivity index is 0.00000364. The summed E-state index contributed by atoms with van der Waals surface area (Å²) in [5.41, 5.74) is 6.85. The number of benzene rings is 1. The number of anilines is 1. The zero-order chi connectivity index (χ0) is 18.8. The summed E-state index contributed by atoms with van der Waals surface area (Å²) in [6.07, 6.45) is 3.69. The van der Waals surface area contributed by atoms with Crippen molar-refractivity contribution in [3.8, 4) is 11.5 Å². The maximum atomic E-state index is 6.07. The summed E-state index contributed by atoms with van der Waals surface area (Å²) in [5, 5.41) is 3.15. The number of nitrogens with zero attached hydrogens (tertiary/aromatic N) is 2. The number of aliphatic imine (C=N–C) groups is 1. The molecule has 2 rings (SSSR count). The van der Waals surface area contributed by atoms with Gasteiger partial charge in [-0.3, -0.25) is 4.99 Å². The molecular weight excluding hydrogens is 455 g/mol. The largest absolute Gasteiger partial charge is 0.494 e. The summed E-state index contributed by atoms with van der Waals surface area (Å²) in [5.74, 6) is 2.75. The lowest BCUT2D eigenvalue weighted by Gasteiger charge is -2.30. The first-order chi connectivity index (χ1) is 12.6. The van der Waals surface area contributed by atoms with Gasteiger partial charge in [0.25, 0.3) is 0 Å². The van der Waals surface area contributed by atoms with Gasteiger partial charge in [0.05, 0.1) is 18.9 Å². The number of hydrogen-bond acceptors (Lipinski definition) is 4. The number of piperidine rings is 1. The van der Waals surface area contributed by atoms with Crippen molar-refractivity contribution >= 4 is 35.6 Å². The van der Waals surface area contributed by atoms with Gasteiger partial charge in [-0.2, -0.15) is 0 Å². The molecule has 1 aliphatic rings. The van der Waals surface area contributed by atoms with Crippen LogP contribution in [0.1, 0.15) is 40.0 Å². The lowest BCUT2D eigenvalue weighted by atomic mass is 10.0. The van der Waals surface area contributed by atoms with Gasteiger partial charge in [0.1, 0.15) is 11.5 Å². The molecule has 1 atom stereocenters. The minimum Gasteiger partial charge on any atom is -0.494 e. The monoisotopic (exact) mass is 490 g/mol. The summed E-state index contributed by atoms with van der Waals surface area (Å²) in [6.45, 7) is 11.7. The normalized spacial score (nSPS) is 17.9. The minimum atomic E-state index is 0. The van der Waals surface area contributed by atoms with E-state index in [0.717, 1.165) is 42.6 Å². The van der Waals surface area contributed by atoms with Crippen LogP contribution in [0.15, 0.2) is 23.2 Å². The molecule has 1 fully saturated rings. The summed E-state index contributed by atoms with van der Waals surface area (Å²) in [4.78, 5) is 6.99. The van der Waals surface area contributed by atoms with Crippen molar-refractivity contribution in [3.63, 3.8) is 0 Å². The Bertz CT molecular complexity index is 583. The van der Waals surface area contributed by atoms with Gasteiger partial charge in [-0.25, -0.2) is 0 Å². The number of guanidine groups is 1. The smallest absolute Gasteiger partial charge is 0.193 e. The molecule has 0 spiro atoms. The van der Waals surface area contributed by atoms with Gasteiger partial charge in [-0.1, -0.05) is 6.92 Å². The first kappa shape index (κ1) is 23.8. The second-order valence-corrected chi connectivity index (χ2v) is 6.82. The van der Waals surface area contributed by atoms with Crippen molar-refractivity contribution in [2.75, 3.05) is 44.7 Å². The minimum absolute atomic E-state index is 0. The fourth-order valence-corrected chi connectivity index (χ4v) is 3.31. The number of ether oxygens (including phenoxy) is 2. The van der Waals surface area contributed by atoms with Crippen molar-refractivity contribution in [2.45, 2.75) is 40.0 Å².